The van der Waals surface area contributed by atoms with Gasteiger partial charge in [-0.05, 0) is 6.92 Å². The molecule has 75 heavy (non-hydrogen) atoms. The van der Waals surface area contributed by atoms with Crippen LogP contribution in [0.25, 0.3) is 0 Å². The lowest BCUT2D eigenvalue weighted by atomic mass is 9.93. The third-order valence-corrected chi connectivity index (χ3v) is 13.6. The number of amides is 3. The van der Waals surface area contributed by atoms with Gasteiger partial charge in [-0.25, -0.2) is 0 Å². The monoisotopic (exact) mass is 1100 g/mol. The zero-order valence-electron chi connectivity index (χ0n) is 40.7. The Hall–Kier alpha value is -2.67. The number of aliphatic hydroxyl groups excluding tert-OH is 16. The summed E-state index contributed by atoms with van der Waals surface area (Å²) in [6.45, 7) is -0.204. The molecule has 0 saturated carbocycles. The molecule has 6 rings (SSSR count). The van der Waals surface area contributed by atoms with Gasteiger partial charge in [0, 0.05) is 20.8 Å². The quantitative estimate of drug-likeness (QED) is 0.0606. The lowest BCUT2D eigenvalue weighted by Crippen LogP contribution is -2.72. The normalized spacial score (nSPS) is 48.6. The van der Waals surface area contributed by atoms with Gasteiger partial charge in [-0.3, -0.25) is 14.4 Å². The summed E-state index contributed by atoms with van der Waals surface area (Å²) in [4.78, 5) is 38.1. The van der Waals surface area contributed by atoms with Crippen LogP contribution in [-0.4, -0.2) is 317 Å². The summed E-state index contributed by atoms with van der Waals surface area (Å²) in [5.41, 5.74) is 0. The number of hydrogen-bond acceptors (Lipinski definition) is 30. The minimum atomic E-state index is -2.10. The van der Waals surface area contributed by atoms with Crippen LogP contribution < -0.4 is 16.0 Å². The molecule has 434 valence electrons. The number of ether oxygens (including phenoxy) is 11. The van der Waals surface area contributed by atoms with Crippen molar-refractivity contribution in [1.82, 2.24) is 16.0 Å². The number of aliphatic hydroxyl groups is 16. The van der Waals surface area contributed by atoms with Crippen LogP contribution in [0.3, 0.4) is 0 Å². The summed E-state index contributed by atoms with van der Waals surface area (Å²) >= 11 is 0. The summed E-state index contributed by atoms with van der Waals surface area (Å²) < 4.78 is 64.3. The van der Waals surface area contributed by atoms with Gasteiger partial charge in [0.1, 0.15) is 140 Å². The van der Waals surface area contributed by atoms with Crippen LogP contribution in [0.15, 0.2) is 0 Å². The highest BCUT2D eigenvalue weighted by atomic mass is 16.8. The molecule has 6 aliphatic rings. The van der Waals surface area contributed by atoms with E-state index in [1.54, 1.807) is 0 Å². The average Bonchev–Trinajstić information content (AvgIpc) is 3.36. The van der Waals surface area contributed by atoms with Crippen LogP contribution in [0.2, 0.25) is 0 Å². The maximum Gasteiger partial charge on any atom is 0.217 e. The van der Waals surface area contributed by atoms with E-state index in [1.165, 1.54) is 6.92 Å². The highest BCUT2D eigenvalue weighted by molar-refractivity contribution is 5.74. The van der Waals surface area contributed by atoms with E-state index in [0.717, 1.165) is 20.8 Å². The predicted molar refractivity (Wildman–Crippen MR) is 233 cm³/mol. The van der Waals surface area contributed by atoms with Crippen molar-refractivity contribution in [3.05, 3.63) is 0 Å². The summed E-state index contributed by atoms with van der Waals surface area (Å²) in [6.07, 6.45) is -49.3. The molecule has 6 heterocycles. The Morgan fingerprint density at radius 3 is 1.28 bits per heavy atom. The maximum atomic E-state index is 13.0. The van der Waals surface area contributed by atoms with Gasteiger partial charge in [0.15, 0.2) is 37.7 Å². The van der Waals surface area contributed by atoms with E-state index < -0.39 is 235 Å². The first-order chi connectivity index (χ1) is 35.4. The Bertz CT molecular complexity index is 1850. The Labute approximate surface area is 426 Å². The van der Waals surface area contributed by atoms with Gasteiger partial charge in [-0.2, -0.15) is 0 Å². The van der Waals surface area contributed by atoms with Crippen molar-refractivity contribution in [2.45, 2.75) is 212 Å². The fourth-order valence-electron chi connectivity index (χ4n) is 9.56. The van der Waals surface area contributed by atoms with Crippen LogP contribution in [0.4, 0.5) is 0 Å². The topological polar surface area (TPSA) is 513 Å². The highest BCUT2D eigenvalue weighted by Crippen LogP contribution is 2.37. The first-order valence-corrected chi connectivity index (χ1v) is 23.9. The molecule has 0 bridgehead atoms. The summed E-state index contributed by atoms with van der Waals surface area (Å²) in [6, 6.07) is -5.15. The second-order valence-electron chi connectivity index (χ2n) is 19.0. The lowest BCUT2D eigenvalue weighted by Gasteiger charge is -2.51. The molecule has 30 atom stereocenters. The van der Waals surface area contributed by atoms with Gasteiger partial charge in [0.05, 0.1) is 39.1 Å². The Morgan fingerprint density at radius 2 is 0.773 bits per heavy atom. The highest BCUT2D eigenvalue weighted by Gasteiger charge is 2.58. The summed E-state index contributed by atoms with van der Waals surface area (Å²) in [5.74, 6) is -2.46. The lowest BCUT2D eigenvalue weighted by molar-refractivity contribution is -0.381. The zero-order valence-corrected chi connectivity index (χ0v) is 40.7. The van der Waals surface area contributed by atoms with E-state index in [4.69, 9.17) is 52.1 Å². The number of nitrogens with one attached hydrogen (secondary N) is 3. The van der Waals surface area contributed by atoms with Gasteiger partial charge in [-0.1, -0.05) is 0 Å². The average molecular weight is 1100 g/mol. The number of carbonyl (C=O) groups is 3. The van der Waals surface area contributed by atoms with Crippen molar-refractivity contribution < 1.29 is 148 Å². The van der Waals surface area contributed by atoms with E-state index in [2.05, 4.69) is 16.0 Å². The molecular weight excluding hydrogens is 1030 g/mol. The fraction of sp³-hybridized carbons (Fsp3) is 0.929. The van der Waals surface area contributed by atoms with Gasteiger partial charge in [-0.15, -0.1) is 0 Å². The summed E-state index contributed by atoms with van der Waals surface area (Å²) in [5, 5.41) is 178. The van der Waals surface area contributed by atoms with Crippen LogP contribution in [-0.2, 0) is 66.5 Å². The van der Waals surface area contributed by atoms with Crippen molar-refractivity contribution in [2.24, 2.45) is 0 Å². The molecule has 0 aromatic heterocycles. The Morgan fingerprint density at radius 1 is 0.373 bits per heavy atom. The molecule has 33 heteroatoms. The van der Waals surface area contributed by atoms with Gasteiger partial charge >= 0.3 is 0 Å². The van der Waals surface area contributed by atoms with Crippen molar-refractivity contribution >= 4 is 17.7 Å². The third-order valence-electron chi connectivity index (χ3n) is 13.6. The molecule has 6 fully saturated rings. The van der Waals surface area contributed by atoms with Gasteiger partial charge < -0.3 is 150 Å². The number of hydrogen-bond donors (Lipinski definition) is 19. The van der Waals surface area contributed by atoms with E-state index >= 15 is 0 Å². The van der Waals surface area contributed by atoms with Crippen molar-refractivity contribution in [1.29, 1.82) is 0 Å². The first-order valence-electron chi connectivity index (χ1n) is 23.9. The SMILES string of the molecule is CC(=O)N[C@@H]1[C@@H](O[C@@H]2O[C@H](CO)[C@@H](O[C@@H]3O[C@H](CO)[C@H](O)[C@H](O)[C@H]3O)[C@H](O[C@@H]3O[C@@H](C)[C@@H](O)[C@@H](O)[C@@H]3O)[C@H]2NC(C)=O)[C@@H](O)[C@@H](CO[C@@H]2O[C@H](CO)[C@@H](O[C@@H]3O[C@H](CO)[C@H](O)[C@H](O)[C@H]3O)[C@H](O)[C@H]2NC(C)=O)O[C@@H]1O. The Balaban J connectivity index is 1.29. The Kier molecular flexibility index (Phi) is 21.8. The van der Waals surface area contributed by atoms with Crippen LogP contribution in [0.1, 0.15) is 27.7 Å². The molecule has 19 N–H and O–H groups in total. The molecule has 0 spiro atoms. The first kappa shape index (κ1) is 61.5. The van der Waals surface area contributed by atoms with E-state index in [9.17, 15) is 96.1 Å². The van der Waals surface area contributed by atoms with Crippen LogP contribution in [0.5, 0.6) is 0 Å². The molecule has 3 amide bonds. The second kappa shape index (κ2) is 26.5. The number of carbonyl (C=O) groups excluding carboxylic acids is 3. The fourth-order valence-corrected chi connectivity index (χ4v) is 9.56. The molecule has 0 radical (unpaired) electrons. The molecule has 33 nitrogen and oxygen atoms in total. The van der Waals surface area contributed by atoms with Crippen LogP contribution in [0, 0.1) is 0 Å². The van der Waals surface area contributed by atoms with Crippen molar-refractivity contribution in [3.63, 3.8) is 0 Å². The maximum absolute atomic E-state index is 13.0. The summed E-state index contributed by atoms with van der Waals surface area (Å²) in [7, 11) is 0. The minimum absolute atomic E-state index is 0.778. The predicted octanol–water partition coefficient (Wildman–Crippen LogP) is -12.6. The van der Waals surface area contributed by atoms with Crippen molar-refractivity contribution in [3.8, 4) is 0 Å². The number of rotatable bonds is 18. The van der Waals surface area contributed by atoms with Gasteiger partial charge in [0.25, 0.3) is 0 Å². The van der Waals surface area contributed by atoms with Crippen LogP contribution >= 0.6 is 0 Å². The standard InChI is InChI=1S/C42H71N3O30/c1-10-22(53)27(58)30(61)40(66-10)75-36-21(45-13(4)52)39(71-17(8-49)34(36)73-42-32(63)29(60)24(55)15(6-47)69-42)74-35-20(44-12(3)51)37(64)67-18(25(35)56)9-65-38-19(43-11(2)50)26(57)33(16(7-48)70-38)72-41-31(62)28(59)23(54)14(5-46)68-41/h10,14-42,46-49,53-64H,5-9H2,1-4H3,(H,43,50)(H,44,51)(H,45,52)/t10-,14+,15+,16+,17+,18+,19+,20+,21+,22+,23-,24-,25-,26+,27+,28-,29-,30-,31+,32+,33+,34+,35+,36+,37-,38+,39-,40-,41-,42-/m0/s1. The molecule has 0 aromatic rings. The van der Waals surface area contributed by atoms with Gasteiger partial charge in [0.2, 0.25) is 17.7 Å². The molecule has 0 unspecified atom stereocenters. The zero-order chi connectivity index (χ0) is 55.5. The third kappa shape index (κ3) is 13.7. The molecule has 0 aromatic carbocycles. The van der Waals surface area contributed by atoms with E-state index in [0.29, 0.717) is 0 Å². The minimum Gasteiger partial charge on any atom is -0.394 e. The molecular formula is C42H71N3O30. The molecule has 6 aliphatic heterocycles. The largest absolute Gasteiger partial charge is 0.394 e. The van der Waals surface area contributed by atoms with E-state index in [1.807, 2.05) is 0 Å². The van der Waals surface area contributed by atoms with Crippen molar-refractivity contribution in [2.75, 3.05) is 33.0 Å². The van der Waals surface area contributed by atoms with E-state index in [-0.39, 0.29) is 0 Å². The second-order valence-corrected chi connectivity index (χ2v) is 19.0. The molecule has 0 aliphatic carbocycles. The smallest absolute Gasteiger partial charge is 0.217 e. The molecule has 6 saturated heterocycles.